The largest absolute Gasteiger partial charge is 0.481 e. The van der Waals surface area contributed by atoms with Gasteiger partial charge < -0.3 is 5.11 Å². The molecule has 100 valence electrons. The summed E-state index contributed by atoms with van der Waals surface area (Å²) in [6, 6.07) is 15.2. The summed E-state index contributed by atoms with van der Waals surface area (Å²) in [6.07, 6.45) is 0.0418. The van der Waals surface area contributed by atoms with Crippen molar-refractivity contribution in [2.45, 2.75) is 16.2 Å². The molecule has 20 heavy (non-hydrogen) atoms. The minimum atomic E-state index is -0.824. The Bertz CT molecular complexity index is 677. The normalized spacial score (nSPS) is 10.0. The molecule has 2 rings (SSSR count). The summed E-state index contributed by atoms with van der Waals surface area (Å²) in [5, 5.41) is 17.6. The van der Waals surface area contributed by atoms with Crippen LogP contribution >= 0.6 is 34.4 Å². The molecule has 0 radical (unpaired) electrons. The maximum atomic E-state index is 10.7. The molecule has 0 aliphatic heterocycles. The molecule has 0 fully saturated rings. The van der Waals surface area contributed by atoms with Gasteiger partial charge in [-0.25, -0.2) is 0 Å². The molecule has 1 N–H and O–H groups in total. The van der Waals surface area contributed by atoms with Crippen molar-refractivity contribution >= 4 is 40.3 Å². The Morgan fingerprint density at radius 3 is 2.40 bits per heavy atom. The van der Waals surface area contributed by atoms with E-state index in [1.807, 2.05) is 30.3 Å². The lowest BCUT2D eigenvalue weighted by Crippen LogP contribution is -2.01. The van der Waals surface area contributed by atoms with Crippen LogP contribution in [-0.2, 0) is 11.2 Å². The van der Waals surface area contributed by atoms with Crippen LogP contribution in [0.2, 0.25) is 0 Å². The van der Waals surface area contributed by atoms with E-state index in [1.165, 1.54) is 0 Å². The lowest BCUT2D eigenvalue weighted by Gasteiger charge is -2.06. The lowest BCUT2D eigenvalue weighted by atomic mass is 10.2. The first-order chi connectivity index (χ1) is 9.58. The highest BCUT2D eigenvalue weighted by Gasteiger charge is 2.06. The van der Waals surface area contributed by atoms with E-state index < -0.39 is 5.97 Å². The van der Waals surface area contributed by atoms with Crippen LogP contribution in [0, 0.1) is 14.9 Å². The molecule has 0 bridgehead atoms. The zero-order valence-electron chi connectivity index (χ0n) is 10.3. The van der Waals surface area contributed by atoms with Crippen LogP contribution in [-0.4, -0.2) is 11.1 Å². The van der Waals surface area contributed by atoms with Gasteiger partial charge in [0.15, 0.2) is 0 Å². The highest BCUT2D eigenvalue weighted by Crippen LogP contribution is 2.30. The third kappa shape index (κ3) is 3.99. The highest BCUT2D eigenvalue weighted by molar-refractivity contribution is 14.1. The van der Waals surface area contributed by atoms with Gasteiger partial charge >= 0.3 is 5.97 Å². The van der Waals surface area contributed by atoms with Gasteiger partial charge in [0.1, 0.15) is 0 Å². The molecule has 0 atom stereocenters. The van der Waals surface area contributed by atoms with E-state index in [1.54, 1.807) is 23.9 Å². The summed E-state index contributed by atoms with van der Waals surface area (Å²) in [4.78, 5) is 12.8. The molecule has 0 aliphatic rings. The molecule has 2 aromatic rings. The highest BCUT2D eigenvalue weighted by atomic mass is 127. The summed E-state index contributed by atoms with van der Waals surface area (Å²) >= 11 is 3.74. The molecule has 0 aliphatic carbocycles. The zero-order valence-corrected chi connectivity index (χ0v) is 13.3. The molecule has 3 nitrogen and oxygen atoms in total. The van der Waals surface area contributed by atoms with E-state index in [9.17, 15) is 4.79 Å². The average molecular weight is 395 g/mol. The Kier molecular flexibility index (Phi) is 5.04. The second kappa shape index (κ2) is 6.77. The first-order valence-corrected chi connectivity index (χ1v) is 7.66. The van der Waals surface area contributed by atoms with Gasteiger partial charge in [0.2, 0.25) is 0 Å². The number of nitrogens with zero attached hydrogens (tertiary/aromatic N) is 1. The van der Waals surface area contributed by atoms with E-state index in [0.717, 1.165) is 18.9 Å². The number of hydrogen-bond donors (Lipinski definition) is 1. The van der Waals surface area contributed by atoms with E-state index >= 15 is 0 Å². The molecule has 0 heterocycles. The summed E-state index contributed by atoms with van der Waals surface area (Å²) in [5.41, 5.74) is 1.46. The molecule has 0 aromatic heterocycles. The number of carbonyl (C=O) groups is 1. The van der Waals surface area contributed by atoms with Gasteiger partial charge in [0, 0.05) is 13.4 Å². The molecular weight excluding hydrogens is 385 g/mol. The molecule has 0 saturated carbocycles. The standard InChI is InChI=1S/C15H10INO2S/c16-14-8-13(6-3-11(14)7-15(18)19)20-12-4-1-10(9-17)2-5-12/h1-6,8H,7H2,(H,18,19). The molecule has 0 spiro atoms. The van der Waals surface area contributed by atoms with Crippen molar-refractivity contribution in [3.8, 4) is 6.07 Å². The topological polar surface area (TPSA) is 61.1 Å². The number of rotatable bonds is 4. The van der Waals surface area contributed by atoms with E-state index in [2.05, 4.69) is 28.7 Å². The van der Waals surface area contributed by atoms with Crippen molar-refractivity contribution in [3.63, 3.8) is 0 Å². The Labute approximate surface area is 134 Å². The van der Waals surface area contributed by atoms with E-state index in [-0.39, 0.29) is 6.42 Å². The van der Waals surface area contributed by atoms with E-state index in [0.29, 0.717) is 5.56 Å². The SMILES string of the molecule is N#Cc1ccc(Sc2ccc(CC(=O)O)c(I)c2)cc1. The second-order valence-electron chi connectivity index (χ2n) is 4.06. The van der Waals surface area contributed by atoms with Crippen molar-refractivity contribution in [3.05, 3.63) is 57.2 Å². The molecular formula is C15H10INO2S. The van der Waals surface area contributed by atoms with Crippen LogP contribution in [0.25, 0.3) is 0 Å². The Morgan fingerprint density at radius 1 is 1.20 bits per heavy atom. The predicted molar refractivity (Wildman–Crippen MR) is 85.8 cm³/mol. The third-order valence-electron chi connectivity index (χ3n) is 2.59. The molecule has 0 saturated heterocycles. The molecule has 5 heteroatoms. The minimum Gasteiger partial charge on any atom is -0.481 e. The summed E-state index contributed by atoms with van der Waals surface area (Å²) in [7, 11) is 0. The van der Waals surface area contributed by atoms with Crippen molar-refractivity contribution < 1.29 is 9.90 Å². The number of hydrogen-bond acceptors (Lipinski definition) is 3. The first-order valence-electron chi connectivity index (χ1n) is 5.77. The monoisotopic (exact) mass is 395 g/mol. The smallest absolute Gasteiger partial charge is 0.307 e. The van der Waals surface area contributed by atoms with Crippen LogP contribution in [0.1, 0.15) is 11.1 Å². The fraction of sp³-hybridized carbons (Fsp3) is 0.0667. The van der Waals surface area contributed by atoms with Crippen LogP contribution in [0.15, 0.2) is 52.3 Å². The summed E-state index contributed by atoms with van der Waals surface area (Å²) in [6.45, 7) is 0. The quantitative estimate of drug-likeness (QED) is 0.797. The van der Waals surface area contributed by atoms with Gasteiger partial charge in [0.05, 0.1) is 18.1 Å². The Morgan fingerprint density at radius 2 is 1.85 bits per heavy atom. The van der Waals surface area contributed by atoms with Crippen molar-refractivity contribution in [1.29, 1.82) is 5.26 Å². The van der Waals surface area contributed by atoms with Gasteiger partial charge in [-0.05, 0) is 64.6 Å². The number of aliphatic carboxylic acids is 1. The lowest BCUT2D eigenvalue weighted by molar-refractivity contribution is -0.136. The minimum absolute atomic E-state index is 0.0418. The van der Waals surface area contributed by atoms with Crippen LogP contribution < -0.4 is 0 Å². The maximum absolute atomic E-state index is 10.7. The van der Waals surface area contributed by atoms with Crippen LogP contribution in [0.3, 0.4) is 0 Å². The fourth-order valence-electron chi connectivity index (χ4n) is 1.63. The zero-order chi connectivity index (χ0) is 14.5. The van der Waals surface area contributed by atoms with Crippen molar-refractivity contribution in [1.82, 2.24) is 0 Å². The Balaban J connectivity index is 2.15. The number of carboxylic acid groups (broad SMARTS) is 1. The van der Waals surface area contributed by atoms with Crippen molar-refractivity contribution in [2.75, 3.05) is 0 Å². The Hall–Kier alpha value is -1.52. The molecule has 0 unspecified atom stereocenters. The van der Waals surface area contributed by atoms with Gasteiger partial charge in [-0.1, -0.05) is 17.8 Å². The van der Waals surface area contributed by atoms with Gasteiger partial charge in [-0.2, -0.15) is 5.26 Å². The average Bonchev–Trinajstić information content (AvgIpc) is 2.42. The van der Waals surface area contributed by atoms with Crippen molar-refractivity contribution in [2.24, 2.45) is 0 Å². The summed E-state index contributed by atoms with van der Waals surface area (Å²) < 4.78 is 0.948. The summed E-state index contributed by atoms with van der Waals surface area (Å²) in [5.74, 6) is -0.824. The van der Waals surface area contributed by atoms with Gasteiger partial charge in [-0.3, -0.25) is 4.79 Å². The van der Waals surface area contributed by atoms with Crippen LogP contribution in [0.5, 0.6) is 0 Å². The van der Waals surface area contributed by atoms with Crippen LogP contribution in [0.4, 0.5) is 0 Å². The number of halogens is 1. The predicted octanol–water partition coefficient (Wildman–Crippen LogP) is 3.94. The van der Waals surface area contributed by atoms with Gasteiger partial charge in [-0.15, -0.1) is 0 Å². The number of nitriles is 1. The fourth-order valence-corrected chi connectivity index (χ4v) is 3.41. The maximum Gasteiger partial charge on any atom is 0.307 e. The van der Waals surface area contributed by atoms with Gasteiger partial charge in [0.25, 0.3) is 0 Å². The number of benzene rings is 2. The second-order valence-corrected chi connectivity index (χ2v) is 6.37. The first kappa shape index (κ1) is 14.9. The van der Waals surface area contributed by atoms with E-state index in [4.69, 9.17) is 10.4 Å². The number of carboxylic acids is 1. The molecule has 0 amide bonds. The molecule has 2 aromatic carbocycles. The third-order valence-corrected chi connectivity index (χ3v) is 4.59.